The van der Waals surface area contributed by atoms with Crippen LogP contribution in [-0.4, -0.2) is 23.1 Å². The highest BCUT2D eigenvalue weighted by atomic mass is 32.1. The monoisotopic (exact) mass is 259 g/mol. The molecule has 0 atom stereocenters. The van der Waals surface area contributed by atoms with Gasteiger partial charge in [0.25, 0.3) is 0 Å². The van der Waals surface area contributed by atoms with Crippen molar-refractivity contribution in [2.24, 2.45) is 0 Å². The topological polar surface area (TPSA) is 37.8 Å². The molecule has 0 aromatic carbocycles. The van der Waals surface area contributed by atoms with E-state index >= 15 is 0 Å². The third-order valence-corrected chi connectivity index (χ3v) is 4.84. The van der Waals surface area contributed by atoms with Crippen LogP contribution in [-0.2, 0) is 0 Å². The molecule has 0 amide bonds. The Morgan fingerprint density at radius 2 is 1.94 bits per heavy atom. The van der Waals surface area contributed by atoms with Crippen LogP contribution in [0.25, 0.3) is 10.6 Å². The van der Waals surface area contributed by atoms with Crippen molar-refractivity contribution >= 4 is 11.3 Å². The standard InChI is InChI=1S/C14H17N3S/c1-10-13(11-2-6-15-7-3-11)18-14(17-10)12-4-8-16-9-5-12/h4-5,8-9,11,15H,2-3,6-7H2,1H3. The summed E-state index contributed by atoms with van der Waals surface area (Å²) in [5.41, 5.74) is 2.39. The average molecular weight is 259 g/mol. The Bertz CT molecular complexity index is 515. The molecule has 0 aliphatic carbocycles. The van der Waals surface area contributed by atoms with Crippen molar-refractivity contribution in [3.63, 3.8) is 0 Å². The lowest BCUT2D eigenvalue weighted by molar-refractivity contribution is 0.463. The van der Waals surface area contributed by atoms with Crippen LogP contribution in [0.3, 0.4) is 0 Å². The number of nitrogens with zero attached hydrogens (tertiary/aromatic N) is 2. The van der Waals surface area contributed by atoms with Crippen LogP contribution in [0.1, 0.15) is 29.3 Å². The molecule has 0 radical (unpaired) electrons. The van der Waals surface area contributed by atoms with Gasteiger partial charge in [-0.15, -0.1) is 11.3 Å². The van der Waals surface area contributed by atoms with E-state index in [0.717, 1.165) is 18.1 Å². The second-order valence-corrected chi connectivity index (χ2v) is 5.76. The van der Waals surface area contributed by atoms with Crippen LogP contribution in [0.15, 0.2) is 24.5 Å². The van der Waals surface area contributed by atoms with Crippen molar-refractivity contribution in [1.29, 1.82) is 0 Å². The van der Waals surface area contributed by atoms with Gasteiger partial charge in [0.15, 0.2) is 0 Å². The third kappa shape index (κ3) is 2.31. The average Bonchev–Trinajstić information content (AvgIpc) is 2.83. The molecular weight excluding hydrogens is 242 g/mol. The van der Waals surface area contributed by atoms with Crippen LogP contribution >= 0.6 is 11.3 Å². The zero-order valence-corrected chi connectivity index (χ0v) is 11.3. The van der Waals surface area contributed by atoms with Crippen molar-refractivity contribution < 1.29 is 0 Å². The lowest BCUT2D eigenvalue weighted by Crippen LogP contribution is -2.26. The summed E-state index contributed by atoms with van der Waals surface area (Å²) >= 11 is 1.85. The molecule has 1 fully saturated rings. The van der Waals surface area contributed by atoms with Crippen molar-refractivity contribution in [1.82, 2.24) is 15.3 Å². The highest BCUT2D eigenvalue weighted by Crippen LogP contribution is 2.36. The molecule has 0 spiro atoms. The number of nitrogens with one attached hydrogen (secondary N) is 1. The minimum absolute atomic E-state index is 0.694. The molecule has 0 bridgehead atoms. The Morgan fingerprint density at radius 1 is 1.22 bits per heavy atom. The van der Waals surface area contributed by atoms with Gasteiger partial charge in [-0.1, -0.05) is 0 Å². The van der Waals surface area contributed by atoms with Crippen molar-refractivity contribution in [2.45, 2.75) is 25.7 Å². The van der Waals surface area contributed by atoms with Gasteiger partial charge in [-0.25, -0.2) is 4.98 Å². The van der Waals surface area contributed by atoms with E-state index in [1.165, 1.54) is 29.0 Å². The zero-order valence-electron chi connectivity index (χ0n) is 10.5. The summed E-state index contributed by atoms with van der Waals surface area (Å²) in [5, 5.41) is 4.55. The summed E-state index contributed by atoms with van der Waals surface area (Å²) in [7, 11) is 0. The van der Waals surface area contributed by atoms with E-state index in [4.69, 9.17) is 4.98 Å². The maximum Gasteiger partial charge on any atom is 0.123 e. The van der Waals surface area contributed by atoms with Gasteiger partial charge in [-0.05, 0) is 50.9 Å². The second kappa shape index (κ2) is 5.16. The summed E-state index contributed by atoms with van der Waals surface area (Å²) in [4.78, 5) is 10.3. The Balaban J connectivity index is 1.91. The van der Waals surface area contributed by atoms with E-state index in [0.29, 0.717) is 5.92 Å². The first kappa shape index (κ1) is 11.8. The fraction of sp³-hybridized carbons (Fsp3) is 0.429. The molecule has 2 aromatic rings. The van der Waals surface area contributed by atoms with Crippen LogP contribution < -0.4 is 5.32 Å². The summed E-state index contributed by atoms with van der Waals surface area (Å²) in [6.45, 7) is 4.40. The van der Waals surface area contributed by atoms with E-state index in [1.54, 1.807) is 0 Å². The molecule has 3 rings (SSSR count). The Morgan fingerprint density at radius 3 is 2.67 bits per heavy atom. The highest BCUT2D eigenvalue weighted by molar-refractivity contribution is 7.15. The van der Waals surface area contributed by atoms with Gasteiger partial charge in [0.05, 0.1) is 5.69 Å². The SMILES string of the molecule is Cc1nc(-c2ccncc2)sc1C1CCNCC1. The smallest absolute Gasteiger partial charge is 0.123 e. The van der Waals surface area contributed by atoms with Gasteiger partial charge in [-0.3, -0.25) is 4.98 Å². The fourth-order valence-electron chi connectivity index (χ4n) is 2.49. The summed E-state index contributed by atoms with van der Waals surface area (Å²) in [6.07, 6.45) is 6.13. The molecule has 1 aliphatic heterocycles. The van der Waals surface area contributed by atoms with Crippen LogP contribution in [0, 0.1) is 6.92 Å². The maximum atomic E-state index is 4.73. The summed E-state index contributed by atoms with van der Waals surface area (Å²) in [6, 6.07) is 4.06. The van der Waals surface area contributed by atoms with Crippen LogP contribution in [0.5, 0.6) is 0 Å². The van der Waals surface area contributed by atoms with Crippen molar-refractivity contribution in [3.05, 3.63) is 35.1 Å². The number of hydrogen-bond donors (Lipinski definition) is 1. The van der Waals surface area contributed by atoms with E-state index in [9.17, 15) is 0 Å². The predicted molar refractivity (Wildman–Crippen MR) is 74.9 cm³/mol. The normalized spacial score (nSPS) is 16.9. The Kier molecular flexibility index (Phi) is 3.39. The first-order valence-corrected chi connectivity index (χ1v) is 7.24. The fourth-order valence-corrected chi connectivity index (χ4v) is 3.73. The first-order valence-electron chi connectivity index (χ1n) is 6.43. The molecule has 94 valence electrons. The number of piperidine rings is 1. The number of pyridine rings is 1. The van der Waals surface area contributed by atoms with Gasteiger partial charge in [0.1, 0.15) is 5.01 Å². The summed E-state index contributed by atoms with van der Waals surface area (Å²) in [5.74, 6) is 0.694. The molecule has 1 aliphatic rings. The van der Waals surface area contributed by atoms with Gasteiger partial charge >= 0.3 is 0 Å². The van der Waals surface area contributed by atoms with Gasteiger partial charge in [-0.2, -0.15) is 0 Å². The van der Waals surface area contributed by atoms with Gasteiger partial charge < -0.3 is 5.32 Å². The lowest BCUT2D eigenvalue weighted by atomic mass is 9.96. The molecular formula is C14H17N3S. The van der Waals surface area contributed by atoms with Crippen molar-refractivity contribution in [2.75, 3.05) is 13.1 Å². The zero-order chi connectivity index (χ0) is 12.4. The molecule has 2 aromatic heterocycles. The summed E-state index contributed by atoms with van der Waals surface area (Å²) < 4.78 is 0. The number of rotatable bonds is 2. The predicted octanol–water partition coefficient (Wildman–Crippen LogP) is 2.98. The first-order chi connectivity index (χ1) is 8.84. The van der Waals surface area contributed by atoms with E-state index in [-0.39, 0.29) is 0 Å². The van der Waals surface area contributed by atoms with E-state index < -0.39 is 0 Å². The minimum Gasteiger partial charge on any atom is -0.317 e. The van der Waals surface area contributed by atoms with Crippen LogP contribution in [0.4, 0.5) is 0 Å². The number of aryl methyl sites for hydroxylation is 1. The molecule has 4 heteroatoms. The van der Waals surface area contributed by atoms with Gasteiger partial charge in [0.2, 0.25) is 0 Å². The quantitative estimate of drug-likeness (QED) is 0.901. The highest BCUT2D eigenvalue weighted by Gasteiger charge is 2.20. The molecule has 0 saturated carbocycles. The van der Waals surface area contributed by atoms with E-state index in [1.807, 2.05) is 35.9 Å². The molecule has 1 saturated heterocycles. The maximum absolute atomic E-state index is 4.73. The Hall–Kier alpha value is -1.26. The van der Waals surface area contributed by atoms with Crippen LogP contribution in [0.2, 0.25) is 0 Å². The number of hydrogen-bond acceptors (Lipinski definition) is 4. The number of thiazole rings is 1. The largest absolute Gasteiger partial charge is 0.317 e. The molecule has 3 heterocycles. The second-order valence-electron chi connectivity index (χ2n) is 4.73. The third-order valence-electron chi connectivity index (χ3n) is 3.47. The molecule has 0 unspecified atom stereocenters. The van der Waals surface area contributed by atoms with Gasteiger partial charge in [0, 0.05) is 22.8 Å². The molecule has 1 N–H and O–H groups in total. The lowest BCUT2D eigenvalue weighted by Gasteiger charge is -2.21. The number of aromatic nitrogens is 2. The van der Waals surface area contributed by atoms with Crippen molar-refractivity contribution in [3.8, 4) is 10.6 Å². The van der Waals surface area contributed by atoms with E-state index in [2.05, 4.69) is 17.2 Å². The Labute approximate surface area is 111 Å². The minimum atomic E-state index is 0.694. The molecule has 3 nitrogen and oxygen atoms in total. The molecule has 18 heavy (non-hydrogen) atoms.